The van der Waals surface area contributed by atoms with Crippen LogP contribution >= 0.6 is 0 Å². The van der Waals surface area contributed by atoms with Crippen molar-refractivity contribution >= 4 is 17.1 Å². The van der Waals surface area contributed by atoms with Crippen molar-refractivity contribution in [2.75, 3.05) is 4.90 Å². The van der Waals surface area contributed by atoms with Gasteiger partial charge in [-0.3, -0.25) is 0 Å². The lowest BCUT2D eigenvalue weighted by molar-refractivity contribution is 0.444. The van der Waals surface area contributed by atoms with Gasteiger partial charge in [0.25, 0.3) is 0 Å². The van der Waals surface area contributed by atoms with Crippen molar-refractivity contribution in [2.24, 2.45) is 0 Å². The average Bonchev–Trinajstić information content (AvgIpc) is 3.73. The quantitative estimate of drug-likeness (QED) is 0.156. The first kappa shape index (κ1) is 34.6. The number of benzene rings is 8. The summed E-state index contributed by atoms with van der Waals surface area (Å²) in [6, 6.07) is 72.1. The monoisotopic (exact) mass is 760 g/mol. The highest BCUT2D eigenvalue weighted by Gasteiger charge is 2.46. The highest BCUT2D eigenvalue weighted by atomic mass is 15.1. The van der Waals surface area contributed by atoms with Crippen LogP contribution in [0.2, 0.25) is 0 Å². The van der Waals surface area contributed by atoms with Crippen LogP contribution in [-0.2, 0) is 10.8 Å². The lowest BCUT2D eigenvalue weighted by atomic mass is 9.67. The van der Waals surface area contributed by atoms with Crippen LogP contribution in [0.4, 0.5) is 17.1 Å². The topological polar surface area (TPSA) is 3.24 Å². The summed E-state index contributed by atoms with van der Waals surface area (Å²) in [7, 11) is 0. The highest BCUT2D eigenvalue weighted by Crippen LogP contribution is 2.58. The molecule has 0 unspecified atom stereocenters. The fourth-order valence-electron chi connectivity index (χ4n) is 10.9. The van der Waals surface area contributed by atoms with Crippen molar-refractivity contribution in [3.05, 3.63) is 233 Å². The van der Waals surface area contributed by atoms with Crippen LogP contribution in [0.15, 0.2) is 194 Å². The number of rotatable bonds is 7. The van der Waals surface area contributed by atoms with Gasteiger partial charge in [0.05, 0.1) is 5.41 Å². The van der Waals surface area contributed by atoms with E-state index in [9.17, 15) is 1.37 Å². The minimum Gasteiger partial charge on any atom is -0.310 e. The molecule has 0 aromatic heterocycles. The van der Waals surface area contributed by atoms with Gasteiger partial charge in [0, 0.05) is 23.8 Å². The van der Waals surface area contributed by atoms with Crippen molar-refractivity contribution in [1.82, 2.24) is 0 Å². The molecule has 286 valence electrons. The van der Waals surface area contributed by atoms with Gasteiger partial charge in [-0.2, -0.15) is 0 Å². The van der Waals surface area contributed by atoms with E-state index in [0.29, 0.717) is 0 Å². The van der Waals surface area contributed by atoms with Crippen LogP contribution in [0.3, 0.4) is 0 Å². The van der Waals surface area contributed by atoms with Crippen LogP contribution < -0.4 is 4.90 Å². The smallest absolute Gasteiger partial charge is 0.0714 e. The van der Waals surface area contributed by atoms with Gasteiger partial charge in [-0.25, -0.2) is 0 Å². The van der Waals surface area contributed by atoms with Crippen LogP contribution in [-0.4, -0.2) is 0 Å². The Balaban J connectivity index is 1.12. The zero-order valence-corrected chi connectivity index (χ0v) is 34.0. The van der Waals surface area contributed by atoms with Gasteiger partial charge in [0.1, 0.15) is 0 Å². The molecule has 0 radical (unpaired) electrons. The summed E-state index contributed by atoms with van der Waals surface area (Å²) in [5, 5.41) is 0. The molecule has 11 rings (SSSR count). The van der Waals surface area contributed by atoms with Crippen molar-refractivity contribution in [2.45, 2.75) is 62.7 Å². The Kier molecular flexibility index (Phi) is 8.29. The van der Waals surface area contributed by atoms with E-state index in [1.54, 1.807) is 0 Å². The molecule has 0 bridgehead atoms. The van der Waals surface area contributed by atoms with Crippen LogP contribution in [0, 0.1) is 0 Å². The molecular formula is C58H49N. The summed E-state index contributed by atoms with van der Waals surface area (Å²) in [6.45, 7) is 4.73. The maximum atomic E-state index is 9.59. The van der Waals surface area contributed by atoms with Gasteiger partial charge in [0.2, 0.25) is 0 Å². The first-order chi connectivity index (χ1) is 29.4. The fraction of sp³-hybridized carbons (Fsp3) is 0.172. The van der Waals surface area contributed by atoms with E-state index < -0.39 is 11.3 Å². The Labute approximate surface area is 351 Å². The fourth-order valence-corrected chi connectivity index (χ4v) is 10.9. The second kappa shape index (κ2) is 14.1. The Morgan fingerprint density at radius 2 is 0.898 bits per heavy atom. The van der Waals surface area contributed by atoms with Crippen LogP contribution in [0.25, 0.3) is 33.4 Å². The van der Waals surface area contributed by atoms with Gasteiger partial charge < -0.3 is 4.90 Å². The summed E-state index contributed by atoms with van der Waals surface area (Å²) in [4.78, 5) is 2.46. The minimum absolute atomic E-state index is 0.137. The third kappa shape index (κ3) is 5.59. The zero-order chi connectivity index (χ0) is 40.5. The van der Waals surface area contributed by atoms with Gasteiger partial charge in [-0.1, -0.05) is 191 Å². The van der Waals surface area contributed by atoms with E-state index in [0.717, 1.165) is 53.9 Å². The summed E-state index contributed by atoms with van der Waals surface area (Å²) in [6.07, 6.45) is 5.31. The number of fused-ring (bicyclic) bond motifs is 6. The standard InChI is InChI=1S/C58H49N/c1-57(2)53-28-16-14-26-49(53)51-36-34-45(38-55(51)57)59(44-32-30-41(31-33-44)48-25-13-12-24-47(48)40-18-6-3-7-19-40)46-35-37-52-50-27-15-17-29-54(50)58(56(52)39-46,42-20-8-4-9-21-42)43-22-10-5-11-23-43/h4-5,8-17,20-40H,3,6-7,18-19H2,1-2H3/i40D. The normalized spacial score (nSPS) is 16.6. The molecule has 8 aromatic carbocycles. The Morgan fingerprint density at radius 3 is 1.54 bits per heavy atom. The molecule has 1 heteroatoms. The second-order valence-corrected chi connectivity index (χ2v) is 17.3. The Morgan fingerprint density at radius 1 is 0.424 bits per heavy atom. The molecule has 0 atom stereocenters. The number of hydrogen-bond acceptors (Lipinski definition) is 1. The molecule has 0 amide bonds. The second-order valence-electron chi connectivity index (χ2n) is 17.3. The van der Waals surface area contributed by atoms with E-state index in [2.05, 4.69) is 213 Å². The molecule has 1 nitrogen and oxygen atoms in total. The first-order valence-corrected chi connectivity index (χ1v) is 21.5. The average molecular weight is 761 g/mol. The highest BCUT2D eigenvalue weighted by molar-refractivity contribution is 5.91. The van der Waals surface area contributed by atoms with Gasteiger partial charge in [-0.15, -0.1) is 0 Å². The van der Waals surface area contributed by atoms with Crippen molar-refractivity contribution < 1.29 is 1.37 Å². The molecule has 0 spiro atoms. The molecule has 0 N–H and O–H groups in total. The zero-order valence-electron chi connectivity index (χ0n) is 35.0. The largest absolute Gasteiger partial charge is 0.310 e. The molecule has 59 heavy (non-hydrogen) atoms. The summed E-state index contributed by atoms with van der Waals surface area (Å²) in [5.41, 5.74) is 19.2. The number of nitrogens with zero attached hydrogens (tertiary/aromatic N) is 1. The molecule has 0 heterocycles. The summed E-state index contributed by atoms with van der Waals surface area (Å²) < 4.78 is 9.59. The molecule has 0 aliphatic heterocycles. The molecule has 1 fully saturated rings. The number of hydrogen-bond donors (Lipinski definition) is 0. The maximum absolute atomic E-state index is 9.59. The molecule has 8 aromatic rings. The molecule has 3 aliphatic rings. The maximum Gasteiger partial charge on any atom is 0.0714 e. The molecule has 1 saturated carbocycles. The van der Waals surface area contributed by atoms with E-state index in [1.807, 2.05) is 0 Å². The van der Waals surface area contributed by atoms with Gasteiger partial charge >= 0.3 is 0 Å². The van der Waals surface area contributed by atoms with E-state index in [4.69, 9.17) is 0 Å². The Hall–Kier alpha value is -6.44. The van der Waals surface area contributed by atoms with Gasteiger partial charge in [-0.05, 0) is 127 Å². The van der Waals surface area contributed by atoms with Gasteiger partial charge in [0.15, 0.2) is 0 Å². The lowest BCUT2D eigenvalue weighted by Crippen LogP contribution is -2.28. The first-order valence-electron chi connectivity index (χ1n) is 22.0. The van der Waals surface area contributed by atoms with E-state index in [-0.39, 0.29) is 5.41 Å². The van der Waals surface area contributed by atoms with Crippen molar-refractivity contribution in [3.63, 3.8) is 0 Å². The van der Waals surface area contributed by atoms with Crippen molar-refractivity contribution in [1.29, 1.82) is 0 Å². The third-order valence-electron chi connectivity index (χ3n) is 13.7. The number of anilines is 3. The summed E-state index contributed by atoms with van der Waals surface area (Å²) in [5.74, 6) is -0.541. The summed E-state index contributed by atoms with van der Waals surface area (Å²) >= 11 is 0. The minimum atomic E-state index is -0.541. The lowest BCUT2D eigenvalue weighted by Gasteiger charge is -2.35. The molecular weight excluding hydrogens is 711 g/mol. The Bertz CT molecular complexity index is 2840. The molecule has 0 saturated heterocycles. The van der Waals surface area contributed by atoms with E-state index in [1.165, 1.54) is 67.6 Å². The van der Waals surface area contributed by atoms with E-state index >= 15 is 0 Å². The third-order valence-corrected chi connectivity index (χ3v) is 13.7. The molecule has 3 aliphatic carbocycles. The predicted octanol–water partition coefficient (Wildman–Crippen LogP) is 15.5. The van der Waals surface area contributed by atoms with Crippen LogP contribution in [0.1, 0.15) is 92.2 Å². The van der Waals surface area contributed by atoms with Crippen molar-refractivity contribution in [3.8, 4) is 33.4 Å². The van der Waals surface area contributed by atoms with Crippen LogP contribution in [0.5, 0.6) is 0 Å². The SMILES string of the molecule is [2H]C1(c2ccccc2-c2ccc(N(c3ccc4c(c3)C(C)(C)c3ccccc3-4)c3ccc4c(c3)C(c3ccccc3)(c3ccccc3)c3ccccc3-4)cc2)CCCCC1. The predicted molar refractivity (Wildman–Crippen MR) is 247 cm³/mol.